The fourth-order valence-corrected chi connectivity index (χ4v) is 1.78. The molecule has 4 heteroatoms. The highest BCUT2D eigenvalue weighted by Crippen LogP contribution is 2.19. The van der Waals surface area contributed by atoms with Gasteiger partial charge >= 0.3 is 0 Å². The maximum absolute atomic E-state index is 5.95. The lowest BCUT2D eigenvalue weighted by Crippen LogP contribution is -2.25. The lowest BCUT2D eigenvalue weighted by atomic mass is 10.2. The number of halogens is 1. The summed E-state index contributed by atoms with van der Waals surface area (Å²) in [6.07, 6.45) is 4.60. The molecule has 1 saturated carbocycles. The van der Waals surface area contributed by atoms with Crippen molar-refractivity contribution in [1.82, 2.24) is 15.1 Å². The summed E-state index contributed by atoms with van der Waals surface area (Å²) in [5, 5.41) is 8.64. The second-order valence-electron chi connectivity index (χ2n) is 4.57. The molecule has 15 heavy (non-hydrogen) atoms. The molecule has 2 rings (SSSR count). The maximum atomic E-state index is 5.95. The molecule has 1 aliphatic carbocycles. The van der Waals surface area contributed by atoms with E-state index in [0.29, 0.717) is 5.92 Å². The van der Waals surface area contributed by atoms with E-state index in [1.54, 1.807) is 0 Å². The van der Waals surface area contributed by atoms with E-state index in [1.807, 2.05) is 17.8 Å². The highest BCUT2D eigenvalue weighted by molar-refractivity contribution is 6.31. The van der Waals surface area contributed by atoms with Crippen LogP contribution in [0, 0.1) is 12.8 Å². The zero-order valence-electron chi connectivity index (χ0n) is 9.33. The van der Waals surface area contributed by atoms with E-state index >= 15 is 0 Å². The van der Waals surface area contributed by atoms with Crippen LogP contribution in [0.4, 0.5) is 0 Å². The average Bonchev–Trinajstić information content (AvgIpc) is 2.93. The lowest BCUT2D eigenvalue weighted by Gasteiger charge is -2.11. The molecule has 0 spiro atoms. The van der Waals surface area contributed by atoms with Crippen LogP contribution in [0.15, 0.2) is 6.20 Å². The Labute approximate surface area is 95.8 Å². The molecule has 1 N–H and O–H groups in total. The topological polar surface area (TPSA) is 29.9 Å². The van der Waals surface area contributed by atoms with E-state index in [9.17, 15) is 0 Å². The van der Waals surface area contributed by atoms with Crippen LogP contribution in [0.2, 0.25) is 5.02 Å². The Bertz CT molecular complexity index is 311. The second-order valence-corrected chi connectivity index (χ2v) is 4.98. The summed E-state index contributed by atoms with van der Waals surface area (Å²) in [6, 6.07) is 0.787. The molecule has 1 aromatic heterocycles. The van der Waals surface area contributed by atoms with Gasteiger partial charge in [-0.05, 0) is 32.2 Å². The van der Waals surface area contributed by atoms with Crippen LogP contribution in [0.1, 0.15) is 25.5 Å². The molecule has 0 amide bonds. The molecule has 1 atom stereocenters. The summed E-state index contributed by atoms with van der Waals surface area (Å²) in [5.41, 5.74) is 0.916. The van der Waals surface area contributed by atoms with Crippen LogP contribution in [-0.4, -0.2) is 22.4 Å². The third kappa shape index (κ3) is 3.21. The first-order chi connectivity index (χ1) is 7.15. The van der Waals surface area contributed by atoms with E-state index in [4.69, 9.17) is 11.6 Å². The van der Waals surface area contributed by atoms with Gasteiger partial charge in [-0.1, -0.05) is 18.5 Å². The molecule has 0 bridgehead atoms. The number of hydrogen-bond acceptors (Lipinski definition) is 2. The number of nitrogens with zero attached hydrogens (tertiary/aromatic N) is 2. The lowest BCUT2D eigenvalue weighted by molar-refractivity contribution is 0.420. The number of hydrogen-bond donors (Lipinski definition) is 1. The van der Waals surface area contributed by atoms with Gasteiger partial charge in [0.25, 0.3) is 0 Å². The predicted octanol–water partition coefficient (Wildman–Crippen LogP) is 2.23. The van der Waals surface area contributed by atoms with E-state index < -0.39 is 0 Å². The van der Waals surface area contributed by atoms with Gasteiger partial charge in [-0.2, -0.15) is 5.10 Å². The highest BCUT2D eigenvalue weighted by Gasteiger charge is 2.20. The quantitative estimate of drug-likeness (QED) is 0.836. The summed E-state index contributed by atoms with van der Waals surface area (Å²) in [5.74, 6) is 0.598. The second kappa shape index (κ2) is 4.54. The van der Waals surface area contributed by atoms with Gasteiger partial charge in [0.15, 0.2) is 0 Å². The number of rotatable bonds is 5. The van der Waals surface area contributed by atoms with Crippen LogP contribution in [0.3, 0.4) is 0 Å². The summed E-state index contributed by atoms with van der Waals surface area (Å²) in [7, 11) is 0. The average molecular weight is 228 g/mol. The van der Waals surface area contributed by atoms with E-state index in [0.717, 1.165) is 29.8 Å². The van der Waals surface area contributed by atoms with Crippen molar-refractivity contribution in [3.05, 3.63) is 16.9 Å². The highest BCUT2D eigenvalue weighted by atomic mass is 35.5. The van der Waals surface area contributed by atoms with Gasteiger partial charge in [-0.25, -0.2) is 0 Å². The van der Waals surface area contributed by atoms with Gasteiger partial charge in [-0.15, -0.1) is 0 Å². The molecular formula is C11H18ClN3. The van der Waals surface area contributed by atoms with Gasteiger partial charge in [0.1, 0.15) is 0 Å². The molecule has 0 aromatic carbocycles. The maximum Gasteiger partial charge on any atom is 0.0814 e. The molecule has 1 aliphatic rings. The molecule has 1 fully saturated rings. The van der Waals surface area contributed by atoms with Crippen molar-refractivity contribution in [3.63, 3.8) is 0 Å². The van der Waals surface area contributed by atoms with Gasteiger partial charge in [0.05, 0.1) is 10.7 Å². The van der Waals surface area contributed by atoms with E-state index in [2.05, 4.69) is 17.3 Å². The standard InChI is InChI=1S/C11H18ClN3/c1-8(5-13-10-3-4-10)6-15-7-11(12)9(2)14-15/h7-8,10,13H,3-6H2,1-2H3. The third-order valence-electron chi connectivity index (χ3n) is 2.72. The molecule has 1 heterocycles. The predicted molar refractivity (Wildman–Crippen MR) is 62.2 cm³/mol. The minimum atomic E-state index is 0.598. The Kier molecular flexibility index (Phi) is 3.32. The Morgan fingerprint density at radius 2 is 2.40 bits per heavy atom. The summed E-state index contributed by atoms with van der Waals surface area (Å²) >= 11 is 5.95. The van der Waals surface area contributed by atoms with E-state index in [-0.39, 0.29) is 0 Å². The van der Waals surface area contributed by atoms with Gasteiger partial charge in [-0.3, -0.25) is 4.68 Å². The van der Waals surface area contributed by atoms with Gasteiger partial charge < -0.3 is 5.32 Å². The molecule has 84 valence electrons. The largest absolute Gasteiger partial charge is 0.314 e. The first kappa shape index (κ1) is 11.0. The zero-order valence-corrected chi connectivity index (χ0v) is 10.1. The van der Waals surface area contributed by atoms with Gasteiger partial charge in [0, 0.05) is 18.8 Å². The smallest absolute Gasteiger partial charge is 0.0814 e. The number of aromatic nitrogens is 2. The zero-order chi connectivity index (χ0) is 10.8. The van der Waals surface area contributed by atoms with Crippen LogP contribution in [0.5, 0.6) is 0 Å². The van der Waals surface area contributed by atoms with E-state index in [1.165, 1.54) is 12.8 Å². The Morgan fingerprint density at radius 1 is 1.67 bits per heavy atom. The van der Waals surface area contributed by atoms with Crippen molar-refractivity contribution >= 4 is 11.6 Å². The van der Waals surface area contributed by atoms with Crippen molar-refractivity contribution in [1.29, 1.82) is 0 Å². The molecule has 0 radical (unpaired) electrons. The Hall–Kier alpha value is -0.540. The summed E-state index contributed by atoms with van der Waals surface area (Å²) < 4.78 is 1.94. The Balaban J connectivity index is 1.78. The minimum Gasteiger partial charge on any atom is -0.314 e. The van der Waals surface area contributed by atoms with Crippen molar-refractivity contribution in [2.24, 2.45) is 5.92 Å². The monoisotopic (exact) mass is 227 g/mol. The fraction of sp³-hybridized carbons (Fsp3) is 0.727. The third-order valence-corrected chi connectivity index (χ3v) is 3.09. The summed E-state index contributed by atoms with van der Waals surface area (Å²) in [4.78, 5) is 0. The van der Waals surface area contributed by atoms with Crippen LogP contribution < -0.4 is 5.32 Å². The normalized spacial score (nSPS) is 18.1. The van der Waals surface area contributed by atoms with Gasteiger partial charge in [0.2, 0.25) is 0 Å². The molecule has 1 unspecified atom stereocenters. The SMILES string of the molecule is Cc1nn(CC(C)CNC2CC2)cc1Cl. The molecule has 3 nitrogen and oxygen atoms in total. The van der Waals surface area contributed by atoms with Crippen molar-refractivity contribution in [2.45, 2.75) is 39.3 Å². The van der Waals surface area contributed by atoms with Crippen molar-refractivity contribution in [3.8, 4) is 0 Å². The van der Waals surface area contributed by atoms with Crippen LogP contribution in [0.25, 0.3) is 0 Å². The van der Waals surface area contributed by atoms with Crippen LogP contribution in [-0.2, 0) is 6.54 Å². The molecule has 0 saturated heterocycles. The first-order valence-corrected chi connectivity index (χ1v) is 5.96. The first-order valence-electron chi connectivity index (χ1n) is 5.58. The number of aryl methyl sites for hydroxylation is 1. The molecular weight excluding hydrogens is 210 g/mol. The fourth-order valence-electron chi connectivity index (χ4n) is 1.63. The minimum absolute atomic E-state index is 0.598. The Morgan fingerprint density at radius 3 is 2.93 bits per heavy atom. The summed E-state index contributed by atoms with van der Waals surface area (Å²) in [6.45, 7) is 6.18. The van der Waals surface area contributed by atoms with Crippen molar-refractivity contribution in [2.75, 3.05) is 6.54 Å². The van der Waals surface area contributed by atoms with Crippen molar-refractivity contribution < 1.29 is 0 Å². The molecule has 1 aromatic rings. The molecule has 0 aliphatic heterocycles. The number of nitrogens with one attached hydrogen (secondary N) is 1. The van der Waals surface area contributed by atoms with Crippen LogP contribution >= 0.6 is 11.6 Å².